The van der Waals surface area contributed by atoms with Crippen molar-refractivity contribution in [3.8, 4) is 5.75 Å². The molecule has 0 spiro atoms. The molecule has 0 radical (unpaired) electrons. The zero-order valence-corrected chi connectivity index (χ0v) is 11.9. The molecule has 6 heteroatoms. The number of primary amides is 1. The van der Waals surface area contributed by atoms with E-state index >= 15 is 0 Å². The number of benzene rings is 1. The van der Waals surface area contributed by atoms with Crippen molar-refractivity contribution in [1.82, 2.24) is 0 Å². The van der Waals surface area contributed by atoms with E-state index < -0.39 is 11.9 Å². The number of nitrogens with one attached hydrogen (secondary N) is 1. The largest absolute Gasteiger partial charge is 0.488 e. The van der Waals surface area contributed by atoms with Crippen LogP contribution in [0.15, 0.2) is 24.3 Å². The van der Waals surface area contributed by atoms with Gasteiger partial charge in [0.15, 0.2) is 11.6 Å². The molecule has 1 aliphatic rings. The molecule has 1 aromatic rings. The molecule has 1 fully saturated rings. The normalized spacial score (nSPS) is 23.5. The van der Waals surface area contributed by atoms with Gasteiger partial charge in [-0.15, -0.1) is 0 Å². The van der Waals surface area contributed by atoms with Gasteiger partial charge in [-0.2, -0.15) is 0 Å². The van der Waals surface area contributed by atoms with Gasteiger partial charge in [0.05, 0.1) is 13.1 Å². The number of quaternary nitrogens is 1. The topological polar surface area (TPSA) is 77.0 Å². The lowest BCUT2D eigenvalue weighted by Crippen LogP contribution is -3.14. The number of carbonyl (C=O) groups excluding carboxylic acids is 1. The summed E-state index contributed by atoms with van der Waals surface area (Å²) in [5.41, 5.74) is 5.29. The molecule has 116 valence electrons. The van der Waals surface area contributed by atoms with Crippen LogP contribution >= 0.6 is 0 Å². The predicted octanol–water partition coefficient (Wildman–Crippen LogP) is -0.654. The van der Waals surface area contributed by atoms with Gasteiger partial charge < -0.3 is 20.5 Å². The molecule has 21 heavy (non-hydrogen) atoms. The quantitative estimate of drug-likeness (QED) is 0.653. The average Bonchev–Trinajstić information content (AvgIpc) is 2.47. The van der Waals surface area contributed by atoms with Crippen molar-refractivity contribution in [3.05, 3.63) is 30.1 Å². The lowest BCUT2D eigenvalue weighted by atomic mass is 9.96. The first kappa shape index (κ1) is 15.7. The fourth-order valence-electron chi connectivity index (χ4n) is 2.65. The molecule has 5 nitrogen and oxygen atoms in total. The number of rotatable bonds is 6. The first-order valence-corrected chi connectivity index (χ1v) is 7.24. The first-order chi connectivity index (χ1) is 10.1. The Hall–Kier alpha value is -1.66. The second kappa shape index (κ2) is 7.38. The van der Waals surface area contributed by atoms with Crippen LogP contribution in [-0.2, 0) is 4.79 Å². The summed E-state index contributed by atoms with van der Waals surface area (Å²) < 4.78 is 18.6. The van der Waals surface area contributed by atoms with E-state index in [1.807, 2.05) is 0 Å². The van der Waals surface area contributed by atoms with Gasteiger partial charge in [-0.3, -0.25) is 4.79 Å². The molecule has 1 amide bonds. The van der Waals surface area contributed by atoms with E-state index in [0.717, 1.165) is 25.9 Å². The zero-order chi connectivity index (χ0) is 15.2. The van der Waals surface area contributed by atoms with Crippen LogP contribution in [-0.4, -0.2) is 43.4 Å². The number of hydrogen-bond acceptors (Lipinski definition) is 3. The van der Waals surface area contributed by atoms with Gasteiger partial charge in [0.1, 0.15) is 19.3 Å². The van der Waals surface area contributed by atoms with Crippen molar-refractivity contribution in [2.24, 2.45) is 11.7 Å². The number of likely N-dealkylation sites (tertiary alicyclic amines) is 1. The van der Waals surface area contributed by atoms with E-state index in [1.165, 1.54) is 17.0 Å². The number of piperidine rings is 1. The third-order valence-corrected chi connectivity index (χ3v) is 3.89. The zero-order valence-electron chi connectivity index (χ0n) is 11.9. The SMILES string of the molecule is NC(=O)C1CC[NH+](C[C@@H](O)COc2ccccc2F)CC1. The molecule has 0 unspecified atom stereocenters. The monoisotopic (exact) mass is 297 g/mol. The number of aliphatic hydroxyl groups is 1. The van der Waals surface area contributed by atoms with E-state index in [9.17, 15) is 14.3 Å². The van der Waals surface area contributed by atoms with Crippen LogP contribution in [0.2, 0.25) is 0 Å². The van der Waals surface area contributed by atoms with Gasteiger partial charge >= 0.3 is 0 Å². The summed E-state index contributed by atoms with van der Waals surface area (Å²) in [6, 6.07) is 6.13. The first-order valence-electron chi connectivity index (χ1n) is 7.24. The summed E-state index contributed by atoms with van der Waals surface area (Å²) in [5, 5.41) is 9.97. The van der Waals surface area contributed by atoms with Crippen LogP contribution in [0.4, 0.5) is 4.39 Å². The van der Waals surface area contributed by atoms with Crippen molar-refractivity contribution < 1.29 is 23.9 Å². The summed E-state index contributed by atoms with van der Waals surface area (Å²) in [7, 11) is 0. The second-order valence-corrected chi connectivity index (χ2v) is 5.53. The third-order valence-electron chi connectivity index (χ3n) is 3.89. The molecule has 1 aliphatic heterocycles. The molecule has 2 rings (SSSR count). The number of aliphatic hydroxyl groups excluding tert-OH is 1. The fraction of sp³-hybridized carbons (Fsp3) is 0.533. The Bertz CT molecular complexity index is 476. The molecule has 1 heterocycles. The maximum atomic E-state index is 13.4. The van der Waals surface area contributed by atoms with Crippen LogP contribution in [0.5, 0.6) is 5.75 Å². The minimum Gasteiger partial charge on any atom is -0.488 e. The van der Waals surface area contributed by atoms with Gasteiger partial charge in [-0.05, 0) is 12.1 Å². The second-order valence-electron chi connectivity index (χ2n) is 5.53. The summed E-state index contributed by atoms with van der Waals surface area (Å²) in [4.78, 5) is 12.3. The summed E-state index contributed by atoms with van der Waals surface area (Å²) in [5.74, 6) is -0.559. The lowest BCUT2D eigenvalue weighted by molar-refractivity contribution is -0.908. The molecular weight excluding hydrogens is 275 g/mol. The van der Waals surface area contributed by atoms with Crippen LogP contribution in [0.1, 0.15) is 12.8 Å². The molecule has 0 aliphatic carbocycles. The standard InChI is InChI=1S/C15H21FN2O3/c16-13-3-1-2-4-14(13)21-10-12(19)9-18-7-5-11(6-8-18)15(17)20/h1-4,11-12,19H,5-10H2,(H2,17,20)/p+1/t12-/m1/s1. The predicted molar refractivity (Wildman–Crippen MR) is 75.4 cm³/mol. The van der Waals surface area contributed by atoms with Crippen LogP contribution < -0.4 is 15.4 Å². The third kappa shape index (κ3) is 4.68. The van der Waals surface area contributed by atoms with Crippen LogP contribution in [0.25, 0.3) is 0 Å². The number of nitrogens with two attached hydrogens (primary N) is 1. The molecule has 0 aromatic heterocycles. The van der Waals surface area contributed by atoms with Crippen molar-refractivity contribution >= 4 is 5.91 Å². The Labute approximate surface area is 123 Å². The van der Waals surface area contributed by atoms with Gasteiger partial charge in [0.2, 0.25) is 5.91 Å². The highest BCUT2D eigenvalue weighted by atomic mass is 19.1. The Morgan fingerprint density at radius 3 is 2.71 bits per heavy atom. The Balaban J connectivity index is 1.72. The minimum absolute atomic E-state index is 0.0412. The summed E-state index contributed by atoms with van der Waals surface area (Å²) in [6.07, 6.45) is 0.849. The highest BCUT2D eigenvalue weighted by molar-refractivity contribution is 5.76. The maximum absolute atomic E-state index is 13.4. The average molecular weight is 297 g/mol. The number of carbonyl (C=O) groups is 1. The molecule has 1 saturated heterocycles. The van der Waals surface area contributed by atoms with Gasteiger partial charge in [-0.25, -0.2) is 4.39 Å². The van der Waals surface area contributed by atoms with Gasteiger partial charge in [0.25, 0.3) is 0 Å². The number of ether oxygens (including phenoxy) is 1. The Kier molecular flexibility index (Phi) is 5.52. The van der Waals surface area contributed by atoms with Crippen molar-refractivity contribution in [1.29, 1.82) is 0 Å². The van der Waals surface area contributed by atoms with E-state index in [1.54, 1.807) is 12.1 Å². The Morgan fingerprint density at radius 2 is 2.10 bits per heavy atom. The highest BCUT2D eigenvalue weighted by Crippen LogP contribution is 2.15. The van der Waals surface area contributed by atoms with Crippen molar-refractivity contribution in [2.45, 2.75) is 18.9 Å². The molecule has 1 aromatic carbocycles. The molecule has 0 saturated carbocycles. The highest BCUT2D eigenvalue weighted by Gasteiger charge is 2.27. The van der Waals surface area contributed by atoms with Gasteiger partial charge in [0, 0.05) is 18.8 Å². The molecule has 0 bridgehead atoms. The van der Waals surface area contributed by atoms with Crippen LogP contribution in [0, 0.1) is 11.7 Å². The minimum atomic E-state index is -0.662. The number of amides is 1. The summed E-state index contributed by atoms with van der Waals surface area (Å²) >= 11 is 0. The number of hydrogen-bond donors (Lipinski definition) is 3. The Morgan fingerprint density at radius 1 is 1.43 bits per heavy atom. The summed E-state index contributed by atoms with van der Waals surface area (Å²) in [6.45, 7) is 2.21. The lowest BCUT2D eigenvalue weighted by Gasteiger charge is -2.29. The van der Waals surface area contributed by atoms with Crippen molar-refractivity contribution in [2.75, 3.05) is 26.2 Å². The molecule has 4 N–H and O–H groups in total. The number of halogens is 1. The number of para-hydroxylation sites is 1. The fourth-order valence-corrected chi connectivity index (χ4v) is 2.65. The smallest absolute Gasteiger partial charge is 0.220 e. The van der Waals surface area contributed by atoms with E-state index in [4.69, 9.17) is 10.5 Å². The van der Waals surface area contributed by atoms with Crippen molar-refractivity contribution in [3.63, 3.8) is 0 Å². The van der Waals surface area contributed by atoms with E-state index in [-0.39, 0.29) is 24.2 Å². The van der Waals surface area contributed by atoms with E-state index in [0.29, 0.717) is 6.54 Å². The van der Waals surface area contributed by atoms with E-state index in [2.05, 4.69) is 0 Å². The van der Waals surface area contributed by atoms with Crippen LogP contribution in [0.3, 0.4) is 0 Å². The maximum Gasteiger partial charge on any atom is 0.220 e. The molecular formula is C15H22FN2O3+. The van der Waals surface area contributed by atoms with Gasteiger partial charge in [-0.1, -0.05) is 12.1 Å². The molecule has 1 atom stereocenters.